The van der Waals surface area contributed by atoms with E-state index < -0.39 is 36.7 Å². The monoisotopic (exact) mass is 525 g/mol. The standard InChI is InChI=1S/C27H41F2N3O5/c1-2-3-4-5-6-7-8-9-10-11-12-13-14-15-16-17-23(34)30-22-18-19-32(26(36)31-22)25-27(28,29)24(35)21(20-33)37-25/h7-10,18-19,21,24-25,33,35H,2-6,11-17,20H2,1H3,(H,30,31,34,36)/b8-7+,10-9+/t21-,24-,25-/m1/s1. The summed E-state index contributed by atoms with van der Waals surface area (Å²) in [5.74, 6) is -4.15. The predicted octanol–water partition coefficient (Wildman–Crippen LogP) is 4.88. The molecule has 208 valence electrons. The molecule has 1 aromatic heterocycles. The number of alkyl halides is 2. The van der Waals surface area contributed by atoms with E-state index in [1.54, 1.807) is 0 Å². The maximum Gasteiger partial charge on any atom is 0.351 e. The molecule has 1 saturated heterocycles. The quantitative estimate of drug-likeness (QED) is 0.197. The zero-order valence-electron chi connectivity index (χ0n) is 21.7. The van der Waals surface area contributed by atoms with E-state index in [2.05, 4.69) is 41.5 Å². The van der Waals surface area contributed by atoms with E-state index in [1.165, 1.54) is 31.7 Å². The number of hydrogen-bond donors (Lipinski definition) is 3. The average molecular weight is 526 g/mol. The number of unbranched alkanes of at least 4 members (excludes halogenated alkanes) is 9. The third kappa shape index (κ3) is 10.1. The lowest BCUT2D eigenvalue weighted by Crippen LogP contribution is -2.41. The van der Waals surface area contributed by atoms with Gasteiger partial charge in [-0.3, -0.25) is 9.36 Å². The Hall–Kier alpha value is -2.43. The van der Waals surface area contributed by atoms with Crippen LogP contribution in [-0.2, 0) is 9.53 Å². The normalized spacial score (nSPS) is 21.3. The Morgan fingerprint density at radius 3 is 2.32 bits per heavy atom. The second kappa shape index (κ2) is 16.4. The summed E-state index contributed by atoms with van der Waals surface area (Å²) >= 11 is 0. The number of nitrogens with one attached hydrogen (secondary N) is 1. The van der Waals surface area contributed by atoms with Crippen LogP contribution >= 0.6 is 0 Å². The molecule has 0 unspecified atom stereocenters. The van der Waals surface area contributed by atoms with E-state index in [0.29, 0.717) is 11.0 Å². The van der Waals surface area contributed by atoms with Gasteiger partial charge in [-0.25, -0.2) is 4.79 Å². The number of aliphatic hydroxyl groups excluding tert-OH is 2. The van der Waals surface area contributed by atoms with Crippen LogP contribution in [-0.4, -0.2) is 50.4 Å². The molecule has 1 aliphatic heterocycles. The van der Waals surface area contributed by atoms with Crippen LogP contribution in [0, 0.1) is 0 Å². The molecule has 1 fully saturated rings. The second-order valence-corrected chi connectivity index (χ2v) is 9.39. The Balaban J connectivity index is 1.61. The molecule has 10 heteroatoms. The molecular formula is C27H41F2N3O5. The Morgan fingerprint density at radius 1 is 1.11 bits per heavy atom. The first-order valence-electron chi connectivity index (χ1n) is 13.3. The van der Waals surface area contributed by atoms with Crippen molar-refractivity contribution in [3.05, 3.63) is 47.1 Å². The summed E-state index contributed by atoms with van der Waals surface area (Å²) in [5, 5.41) is 21.2. The van der Waals surface area contributed by atoms with Crippen LogP contribution in [0.15, 0.2) is 41.4 Å². The smallest absolute Gasteiger partial charge is 0.351 e. The van der Waals surface area contributed by atoms with Crippen LogP contribution in [0.25, 0.3) is 0 Å². The van der Waals surface area contributed by atoms with Gasteiger partial charge in [0.1, 0.15) is 11.9 Å². The van der Waals surface area contributed by atoms with Crippen LogP contribution in [0.5, 0.6) is 0 Å². The van der Waals surface area contributed by atoms with Crippen LogP contribution in [0.2, 0.25) is 0 Å². The zero-order chi connectivity index (χ0) is 27.1. The molecule has 1 aliphatic rings. The van der Waals surface area contributed by atoms with Crippen molar-refractivity contribution >= 4 is 11.7 Å². The van der Waals surface area contributed by atoms with Crippen molar-refractivity contribution in [2.45, 2.75) is 108 Å². The molecule has 8 nitrogen and oxygen atoms in total. The fourth-order valence-electron chi connectivity index (χ4n) is 4.10. The number of allylic oxidation sites excluding steroid dienone is 4. The van der Waals surface area contributed by atoms with E-state index in [-0.39, 0.29) is 18.1 Å². The number of carbonyl (C=O) groups is 1. The molecule has 0 aliphatic carbocycles. The Labute approximate surface area is 217 Å². The summed E-state index contributed by atoms with van der Waals surface area (Å²) in [4.78, 5) is 28.0. The van der Waals surface area contributed by atoms with Gasteiger partial charge < -0.3 is 20.3 Å². The summed E-state index contributed by atoms with van der Waals surface area (Å²) in [6.07, 6.45) is 16.2. The number of rotatable bonds is 17. The molecule has 3 N–H and O–H groups in total. The first kappa shape index (κ1) is 30.8. The number of amides is 1. The molecule has 2 rings (SSSR count). The maximum atomic E-state index is 14.2. The van der Waals surface area contributed by atoms with E-state index >= 15 is 0 Å². The Kier molecular flexibility index (Phi) is 13.7. The van der Waals surface area contributed by atoms with Crippen LogP contribution in [0.1, 0.15) is 90.2 Å². The lowest BCUT2D eigenvalue weighted by atomic mass is 10.1. The van der Waals surface area contributed by atoms with E-state index in [0.717, 1.165) is 44.7 Å². The third-order valence-corrected chi connectivity index (χ3v) is 6.29. The molecule has 37 heavy (non-hydrogen) atoms. The maximum absolute atomic E-state index is 14.2. The van der Waals surface area contributed by atoms with Crippen LogP contribution in [0.4, 0.5) is 14.6 Å². The van der Waals surface area contributed by atoms with Crippen molar-refractivity contribution in [1.82, 2.24) is 9.55 Å². The number of aromatic nitrogens is 2. The molecule has 2 heterocycles. The summed E-state index contributed by atoms with van der Waals surface area (Å²) in [6, 6.07) is 1.21. The van der Waals surface area contributed by atoms with Crippen molar-refractivity contribution in [3.63, 3.8) is 0 Å². The van der Waals surface area contributed by atoms with Gasteiger partial charge in [0, 0.05) is 12.6 Å². The van der Waals surface area contributed by atoms with Crippen molar-refractivity contribution in [1.29, 1.82) is 0 Å². The molecule has 1 amide bonds. The highest BCUT2D eigenvalue weighted by Gasteiger charge is 2.59. The largest absolute Gasteiger partial charge is 0.394 e. The summed E-state index contributed by atoms with van der Waals surface area (Å²) in [5.41, 5.74) is -1.07. The fraction of sp³-hybridized carbons (Fsp3) is 0.667. The highest BCUT2D eigenvalue weighted by Crippen LogP contribution is 2.41. The van der Waals surface area contributed by atoms with E-state index in [4.69, 9.17) is 9.84 Å². The van der Waals surface area contributed by atoms with Crippen LogP contribution < -0.4 is 11.0 Å². The minimum Gasteiger partial charge on any atom is -0.394 e. The van der Waals surface area contributed by atoms with Gasteiger partial charge in [-0.05, 0) is 38.2 Å². The van der Waals surface area contributed by atoms with Crippen molar-refractivity contribution < 1.29 is 28.5 Å². The first-order valence-corrected chi connectivity index (χ1v) is 13.3. The first-order chi connectivity index (χ1) is 17.8. The van der Waals surface area contributed by atoms with Gasteiger partial charge in [0.05, 0.1) is 6.61 Å². The molecule has 3 atom stereocenters. The summed E-state index contributed by atoms with van der Waals surface area (Å²) in [7, 11) is 0. The molecule has 1 aromatic rings. The molecule has 0 aromatic carbocycles. The lowest BCUT2D eigenvalue weighted by Gasteiger charge is -2.21. The van der Waals surface area contributed by atoms with Gasteiger partial charge in [0.15, 0.2) is 6.10 Å². The van der Waals surface area contributed by atoms with Gasteiger partial charge >= 0.3 is 11.6 Å². The van der Waals surface area contributed by atoms with Gasteiger partial charge in [0.25, 0.3) is 0 Å². The van der Waals surface area contributed by atoms with Gasteiger partial charge in [-0.2, -0.15) is 13.8 Å². The molecule has 0 spiro atoms. The molecule has 0 radical (unpaired) electrons. The van der Waals surface area contributed by atoms with E-state index in [9.17, 15) is 23.5 Å². The van der Waals surface area contributed by atoms with Gasteiger partial charge in [-0.15, -0.1) is 0 Å². The number of nitrogens with zero attached hydrogens (tertiary/aromatic N) is 2. The zero-order valence-corrected chi connectivity index (χ0v) is 21.7. The van der Waals surface area contributed by atoms with Gasteiger partial charge in [-0.1, -0.05) is 69.8 Å². The number of ether oxygens (including phenoxy) is 1. The van der Waals surface area contributed by atoms with Gasteiger partial charge in [0.2, 0.25) is 12.1 Å². The fourth-order valence-corrected chi connectivity index (χ4v) is 4.10. The Morgan fingerprint density at radius 2 is 1.73 bits per heavy atom. The highest BCUT2D eigenvalue weighted by molar-refractivity contribution is 5.89. The minimum atomic E-state index is -3.79. The minimum absolute atomic E-state index is 0.0476. The SMILES string of the molecule is CCCCCC/C=C/C=C/CCCCCCCC(=O)Nc1ccn([C@@H]2O[C@H](CO)[C@@H](O)C2(F)F)c(=O)n1. The van der Waals surface area contributed by atoms with Crippen LogP contribution in [0.3, 0.4) is 0 Å². The number of halogens is 2. The number of hydrogen-bond acceptors (Lipinski definition) is 6. The molecule has 0 bridgehead atoms. The van der Waals surface area contributed by atoms with E-state index in [1.807, 2.05) is 0 Å². The predicted molar refractivity (Wildman–Crippen MR) is 138 cm³/mol. The Bertz CT molecular complexity index is 935. The average Bonchev–Trinajstić information content (AvgIpc) is 3.09. The van der Waals surface area contributed by atoms with Crippen molar-refractivity contribution in [3.8, 4) is 0 Å². The highest BCUT2D eigenvalue weighted by atomic mass is 19.3. The molecular weight excluding hydrogens is 484 g/mol. The summed E-state index contributed by atoms with van der Waals surface area (Å²) in [6.45, 7) is 1.39. The number of anilines is 1. The third-order valence-electron chi connectivity index (χ3n) is 6.29. The number of aliphatic hydroxyl groups is 2. The topological polar surface area (TPSA) is 114 Å². The van der Waals surface area contributed by atoms with Crippen molar-refractivity contribution in [2.24, 2.45) is 0 Å². The summed E-state index contributed by atoms with van der Waals surface area (Å²) < 4.78 is 34.0. The molecule has 0 saturated carbocycles. The second-order valence-electron chi connectivity index (χ2n) is 9.39. The van der Waals surface area contributed by atoms with Crippen molar-refractivity contribution in [2.75, 3.05) is 11.9 Å². The lowest BCUT2D eigenvalue weighted by molar-refractivity contribution is -0.141. The number of carbonyl (C=O) groups excluding carboxylic acids is 1.